The fourth-order valence-electron chi connectivity index (χ4n) is 2.92. The molecule has 2 aromatic carbocycles. The number of hydrogen-bond acceptors (Lipinski definition) is 6. The van der Waals surface area contributed by atoms with Crippen molar-refractivity contribution < 1.29 is 19.1 Å². The number of amides is 1. The van der Waals surface area contributed by atoms with E-state index in [0.29, 0.717) is 16.8 Å². The topological polar surface area (TPSA) is 88.4 Å². The predicted molar refractivity (Wildman–Crippen MR) is 111 cm³/mol. The van der Waals surface area contributed by atoms with Crippen molar-refractivity contribution in [3.05, 3.63) is 59.7 Å². The van der Waals surface area contributed by atoms with E-state index in [2.05, 4.69) is 5.32 Å². The monoisotopic (exact) mass is 410 g/mol. The zero-order chi connectivity index (χ0) is 20.6. The van der Waals surface area contributed by atoms with E-state index >= 15 is 0 Å². The first-order valence-corrected chi connectivity index (χ1v) is 10.4. The van der Waals surface area contributed by atoms with Crippen LogP contribution in [0.2, 0.25) is 0 Å². The molecule has 1 aliphatic heterocycles. The van der Waals surface area contributed by atoms with Crippen molar-refractivity contribution in [1.29, 1.82) is 5.26 Å². The van der Waals surface area contributed by atoms with Gasteiger partial charge in [0.25, 0.3) is 5.91 Å². The summed E-state index contributed by atoms with van der Waals surface area (Å²) in [6.45, 7) is 2.29. The molecule has 0 aromatic heterocycles. The number of nitrogens with one attached hydrogen (secondary N) is 1. The second kappa shape index (κ2) is 10.1. The minimum atomic E-state index is -1.01. The van der Waals surface area contributed by atoms with Gasteiger partial charge in [-0.25, -0.2) is 4.79 Å². The summed E-state index contributed by atoms with van der Waals surface area (Å²) in [5.74, 6) is -0.284. The van der Waals surface area contributed by atoms with Gasteiger partial charge in [-0.3, -0.25) is 4.79 Å². The Morgan fingerprint density at radius 1 is 1.28 bits per heavy atom. The molecule has 3 rings (SSSR count). The summed E-state index contributed by atoms with van der Waals surface area (Å²) >= 11 is 1.55. The van der Waals surface area contributed by atoms with Crippen LogP contribution in [0.3, 0.4) is 0 Å². The van der Waals surface area contributed by atoms with Crippen molar-refractivity contribution in [1.82, 2.24) is 0 Å². The van der Waals surface area contributed by atoms with Crippen molar-refractivity contribution in [2.45, 2.75) is 36.9 Å². The molecule has 6 nitrogen and oxygen atoms in total. The normalized spacial score (nSPS) is 16.6. The van der Waals surface area contributed by atoms with Gasteiger partial charge in [-0.1, -0.05) is 24.3 Å². The van der Waals surface area contributed by atoms with Crippen LogP contribution in [-0.2, 0) is 14.3 Å². The molecule has 0 bridgehead atoms. The second-order valence-corrected chi connectivity index (χ2v) is 7.70. The Morgan fingerprint density at radius 3 is 2.79 bits per heavy atom. The van der Waals surface area contributed by atoms with Crippen molar-refractivity contribution in [2.24, 2.45) is 0 Å². The molecule has 7 heteroatoms. The highest BCUT2D eigenvalue weighted by Crippen LogP contribution is 2.27. The SMILES string of the molecule is C[C@@H](OC(=O)c1ccccc1SC[C@H]1CCCO1)C(=O)Nc1ccccc1C#N. The molecule has 1 saturated heterocycles. The van der Waals surface area contributed by atoms with E-state index in [-0.39, 0.29) is 6.10 Å². The van der Waals surface area contributed by atoms with E-state index in [1.807, 2.05) is 18.2 Å². The molecular weight excluding hydrogens is 388 g/mol. The minimum Gasteiger partial charge on any atom is -0.449 e. The Hall–Kier alpha value is -2.82. The first-order chi connectivity index (χ1) is 14.1. The highest BCUT2D eigenvalue weighted by Gasteiger charge is 2.22. The molecule has 2 aromatic rings. The van der Waals surface area contributed by atoms with Crippen molar-refractivity contribution in [3.8, 4) is 6.07 Å². The van der Waals surface area contributed by atoms with Crippen LogP contribution in [0.25, 0.3) is 0 Å². The lowest BCUT2D eigenvalue weighted by Crippen LogP contribution is -2.30. The number of anilines is 1. The number of nitrogens with zero attached hydrogens (tertiary/aromatic N) is 1. The van der Waals surface area contributed by atoms with Gasteiger partial charge in [0.2, 0.25) is 0 Å². The van der Waals surface area contributed by atoms with Gasteiger partial charge in [-0.05, 0) is 44.0 Å². The highest BCUT2D eigenvalue weighted by atomic mass is 32.2. The van der Waals surface area contributed by atoms with Crippen LogP contribution in [-0.4, -0.2) is 36.4 Å². The standard InChI is InChI=1S/C22H22N2O4S/c1-15(21(25)24-19-10-4-2-7-16(19)13-23)28-22(26)18-9-3-5-11-20(18)29-14-17-8-6-12-27-17/h2-5,7,9-11,15,17H,6,8,12,14H2,1H3,(H,24,25)/t15-,17-/m1/s1. The van der Waals surface area contributed by atoms with E-state index in [0.717, 1.165) is 30.1 Å². The van der Waals surface area contributed by atoms with Gasteiger partial charge in [-0.2, -0.15) is 5.26 Å². The maximum atomic E-state index is 12.7. The summed E-state index contributed by atoms with van der Waals surface area (Å²) in [6.07, 6.45) is 1.29. The van der Waals surface area contributed by atoms with Gasteiger partial charge in [0.15, 0.2) is 6.10 Å². The Bertz CT molecular complexity index is 919. The number of nitriles is 1. The fourth-order valence-corrected chi connectivity index (χ4v) is 4.03. The van der Waals surface area contributed by atoms with Gasteiger partial charge in [0.05, 0.1) is 22.9 Å². The Kier molecular flexibility index (Phi) is 7.28. The molecule has 0 aliphatic carbocycles. The fraction of sp³-hybridized carbons (Fsp3) is 0.318. The van der Waals surface area contributed by atoms with Crippen LogP contribution in [0, 0.1) is 11.3 Å². The molecule has 2 atom stereocenters. The van der Waals surface area contributed by atoms with Gasteiger partial charge in [-0.15, -0.1) is 11.8 Å². The molecule has 0 radical (unpaired) electrons. The van der Waals surface area contributed by atoms with Crippen molar-refractivity contribution >= 4 is 29.3 Å². The molecule has 1 heterocycles. The molecule has 150 valence electrons. The second-order valence-electron chi connectivity index (χ2n) is 6.64. The van der Waals surface area contributed by atoms with Gasteiger partial charge in [0.1, 0.15) is 6.07 Å². The summed E-state index contributed by atoms with van der Waals surface area (Å²) in [6, 6.07) is 15.9. The number of rotatable bonds is 7. The maximum Gasteiger partial charge on any atom is 0.340 e. The highest BCUT2D eigenvalue weighted by molar-refractivity contribution is 7.99. The Labute approximate surface area is 174 Å². The van der Waals surface area contributed by atoms with E-state index in [9.17, 15) is 9.59 Å². The number of carbonyl (C=O) groups is 2. The van der Waals surface area contributed by atoms with Crippen LogP contribution in [0.4, 0.5) is 5.69 Å². The number of esters is 1. The molecule has 0 unspecified atom stereocenters. The van der Waals surface area contributed by atoms with E-state index in [4.69, 9.17) is 14.7 Å². The average Bonchev–Trinajstić information content (AvgIpc) is 3.26. The van der Waals surface area contributed by atoms with Crippen LogP contribution in [0.15, 0.2) is 53.4 Å². The van der Waals surface area contributed by atoms with E-state index in [1.165, 1.54) is 6.92 Å². The molecule has 1 amide bonds. The third-order valence-corrected chi connectivity index (χ3v) is 5.72. The number of carbonyl (C=O) groups excluding carboxylic acids is 2. The quantitative estimate of drug-likeness (QED) is 0.548. The molecular formula is C22H22N2O4S. The smallest absolute Gasteiger partial charge is 0.340 e. The van der Waals surface area contributed by atoms with Crippen molar-refractivity contribution in [2.75, 3.05) is 17.7 Å². The zero-order valence-corrected chi connectivity index (χ0v) is 16.9. The number of para-hydroxylation sites is 1. The summed E-state index contributed by atoms with van der Waals surface area (Å²) < 4.78 is 11.0. The summed E-state index contributed by atoms with van der Waals surface area (Å²) in [4.78, 5) is 25.9. The molecule has 1 aliphatic rings. The molecule has 0 saturated carbocycles. The number of thioether (sulfide) groups is 1. The summed E-state index contributed by atoms with van der Waals surface area (Å²) in [5, 5.41) is 11.8. The summed E-state index contributed by atoms with van der Waals surface area (Å²) in [7, 11) is 0. The Balaban J connectivity index is 1.62. The molecule has 1 fully saturated rings. The third-order valence-electron chi connectivity index (χ3n) is 4.51. The lowest BCUT2D eigenvalue weighted by Gasteiger charge is -2.16. The van der Waals surface area contributed by atoms with Crippen LogP contribution < -0.4 is 5.32 Å². The maximum absolute atomic E-state index is 12.7. The van der Waals surface area contributed by atoms with Crippen LogP contribution >= 0.6 is 11.8 Å². The van der Waals surface area contributed by atoms with Gasteiger partial charge < -0.3 is 14.8 Å². The first-order valence-electron chi connectivity index (χ1n) is 9.43. The lowest BCUT2D eigenvalue weighted by molar-refractivity contribution is -0.123. The third kappa shape index (κ3) is 5.59. The average molecular weight is 410 g/mol. The number of benzene rings is 2. The van der Waals surface area contributed by atoms with Gasteiger partial charge in [0, 0.05) is 17.3 Å². The minimum absolute atomic E-state index is 0.203. The van der Waals surface area contributed by atoms with Crippen LogP contribution in [0.1, 0.15) is 35.7 Å². The zero-order valence-electron chi connectivity index (χ0n) is 16.1. The Morgan fingerprint density at radius 2 is 2.03 bits per heavy atom. The van der Waals surface area contributed by atoms with E-state index < -0.39 is 18.0 Å². The number of ether oxygens (including phenoxy) is 2. The molecule has 1 N–H and O–H groups in total. The number of hydrogen-bond donors (Lipinski definition) is 1. The first kappa shape index (κ1) is 20.9. The van der Waals surface area contributed by atoms with Crippen molar-refractivity contribution in [3.63, 3.8) is 0 Å². The van der Waals surface area contributed by atoms with Crippen LogP contribution in [0.5, 0.6) is 0 Å². The van der Waals surface area contributed by atoms with E-state index in [1.54, 1.807) is 48.2 Å². The van der Waals surface area contributed by atoms with Gasteiger partial charge >= 0.3 is 5.97 Å². The predicted octanol–water partition coefficient (Wildman–Crippen LogP) is 4.01. The summed E-state index contributed by atoms with van der Waals surface area (Å²) in [5.41, 5.74) is 1.15. The largest absolute Gasteiger partial charge is 0.449 e. The molecule has 0 spiro atoms. The lowest BCUT2D eigenvalue weighted by atomic mass is 10.2. The molecule has 29 heavy (non-hydrogen) atoms.